The van der Waals surface area contributed by atoms with Crippen molar-refractivity contribution in [2.75, 3.05) is 18.8 Å². The minimum atomic E-state index is -0.321. The zero-order valence-corrected chi connectivity index (χ0v) is 15.5. The van der Waals surface area contributed by atoms with E-state index in [1.807, 2.05) is 10.6 Å². The smallest absolute Gasteiger partial charge is 0.233 e. The molecule has 0 saturated carbocycles. The van der Waals surface area contributed by atoms with Crippen LogP contribution in [-0.4, -0.2) is 50.3 Å². The van der Waals surface area contributed by atoms with Crippen LogP contribution < -0.4 is 5.73 Å². The van der Waals surface area contributed by atoms with Gasteiger partial charge in [0, 0.05) is 24.5 Å². The van der Waals surface area contributed by atoms with Gasteiger partial charge in [-0.05, 0) is 30.7 Å². The summed E-state index contributed by atoms with van der Waals surface area (Å²) in [7, 11) is 0. The Morgan fingerprint density at radius 1 is 1.44 bits per heavy atom. The monoisotopic (exact) mass is 379 g/mol. The van der Waals surface area contributed by atoms with Crippen LogP contribution in [0.25, 0.3) is 0 Å². The molecule has 7 nitrogen and oxygen atoms in total. The van der Waals surface area contributed by atoms with E-state index in [-0.39, 0.29) is 17.7 Å². The van der Waals surface area contributed by atoms with Crippen molar-refractivity contribution in [1.29, 1.82) is 0 Å². The Bertz CT molecular complexity index is 716. The molecule has 0 aliphatic carbocycles. The van der Waals surface area contributed by atoms with Crippen LogP contribution in [0.1, 0.15) is 17.7 Å². The van der Waals surface area contributed by atoms with E-state index >= 15 is 0 Å². The summed E-state index contributed by atoms with van der Waals surface area (Å²) in [6.07, 6.45) is 4.21. The average molecular weight is 380 g/mol. The number of primary amides is 1. The fraction of sp³-hybridized carbons (Fsp3) is 0.500. The van der Waals surface area contributed by atoms with Crippen molar-refractivity contribution >= 4 is 34.9 Å². The average Bonchev–Trinajstić information content (AvgIpc) is 3.29. The zero-order valence-electron chi connectivity index (χ0n) is 13.8. The third-order valence-corrected chi connectivity index (χ3v) is 6.16. The first kappa shape index (κ1) is 17.9. The highest BCUT2D eigenvalue weighted by Crippen LogP contribution is 2.20. The highest BCUT2D eigenvalue weighted by atomic mass is 32.2. The second kappa shape index (κ2) is 8.48. The predicted molar refractivity (Wildman–Crippen MR) is 97.3 cm³/mol. The molecule has 1 aliphatic heterocycles. The van der Waals surface area contributed by atoms with Crippen LogP contribution in [0.5, 0.6) is 0 Å². The number of hydrogen-bond acceptors (Lipinski definition) is 6. The number of aromatic nitrogens is 3. The first-order chi connectivity index (χ1) is 12.1. The van der Waals surface area contributed by atoms with Crippen LogP contribution in [0.2, 0.25) is 0 Å². The van der Waals surface area contributed by atoms with Gasteiger partial charge in [0.1, 0.15) is 6.33 Å². The molecule has 2 aromatic heterocycles. The Morgan fingerprint density at radius 2 is 2.32 bits per heavy atom. The normalized spacial score (nSPS) is 17.6. The Labute approximate surface area is 154 Å². The summed E-state index contributed by atoms with van der Waals surface area (Å²) in [5.41, 5.74) is 5.37. The quantitative estimate of drug-likeness (QED) is 0.734. The summed E-state index contributed by atoms with van der Waals surface area (Å²) in [5.74, 6) is -0.234. The molecule has 0 bridgehead atoms. The third kappa shape index (κ3) is 4.82. The second-order valence-electron chi connectivity index (χ2n) is 6.01. The number of amides is 2. The Balaban J connectivity index is 1.50. The van der Waals surface area contributed by atoms with Crippen molar-refractivity contribution in [1.82, 2.24) is 19.7 Å². The lowest BCUT2D eigenvalue weighted by Gasteiger charge is -2.31. The minimum Gasteiger partial charge on any atom is -0.369 e. The molecule has 3 rings (SSSR count). The fourth-order valence-electron chi connectivity index (χ4n) is 2.85. The molecule has 0 spiro atoms. The van der Waals surface area contributed by atoms with Crippen molar-refractivity contribution in [3.63, 3.8) is 0 Å². The first-order valence-corrected chi connectivity index (χ1v) is 10.1. The number of nitrogens with zero attached hydrogens (tertiary/aromatic N) is 4. The molecule has 1 atom stereocenters. The maximum atomic E-state index is 12.4. The molecule has 0 aromatic carbocycles. The van der Waals surface area contributed by atoms with Crippen LogP contribution in [0, 0.1) is 5.92 Å². The molecule has 1 saturated heterocycles. The number of thiophene rings is 1. The van der Waals surface area contributed by atoms with E-state index in [2.05, 4.69) is 21.6 Å². The van der Waals surface area contributed by atoms with Gasteiger partial charge in [0.2, 0.25) is 11.8 Å². The lowest BCUT2D eigenvalue weighted by molar-refractivity contribution is -0.132. The molecular formula is C16H21N5O2S2. The molecule has 9 heteroatoms. The number of likely N-dealkylation sites (tertiary alicyclic amines) is 1. The molecule has 2 aromatic rings. The van der Waals surface area contributed by atoms with Gasteiger partial charge in [0.05, 0.1) is 11.7 Å². The summed E-state index contributed by atoms with van der Waals surface area (Å²) in [6.45, 7) is 1.91. The standard InChI is InChI=1S/C16H21N5O2S2/c17-15(23)12-3-1-6-20(9-12)14(22)10-25-16-19-18-11-21(16)7-5-13-4-2-8-24-13/h2,4,8,11-12H,1,3,5-7,9-10H2,(H2,17,23). The summed E-state index contributed by atoms with van der Waals surface area (Å²) in [4.78, 5) is 26.8. The van der Waals surface area contributed by atoms with Gasteiger partial charge in [-0.25, -0.2) is 0 Å². The SMILES string of the molecule is NC(=O)C1CCCN(C(=O)CSc2nncn2CCc2cccs2)C1. The first-order valence-electron chi connectivity index (χ1n) is 8.23. The topological polar surface area (TPSA) is 94.1 Å². The number of piperidine rings is 1. The Hall–Kier alpha value is -1.87. The number of carbonyl (C=O) groups excluding carboxylic acids is 2. The van der Waals surface area contributed by atoms with Crippen molar-refractivity contribution in [3.8, 4) is 0 Å². The lowest BCUT2D eigenvalue weighted by Crippen LogP contribution is -2.44. The van der Waals surface area contributed by atoms with Crippen LogP contribution in [-0.2, 0) is 22.6 Å². The van der Waals surface area contributed by atoms with Gasteiger partial charge >= 0.3 is 0 Å². The number of aryl methyl sites for hydroxylation is 2. The summed E-state index contributed by atoms with van der Waals surface area (Å²) < 4.78 is 1.97. The number of thioether (sulfide) groups is 1. The molecule has 25 heavy (non-hydrogen) atoms. The molecule has 1 unspecified atom stereocenters. The minimum absolute atomic E-state index is 0.0174. The Kier molecular flexibility index (Phi) is 6.09. The van der Waals surface area contributed by atoms with E-state index in [1.54, 1.807) is 22.6 Å². The van der Waals surface area contributed by atoms with Gasteiger partial charge in [-0.2, -0.15) is 0 Å². The predicted octanol–water partition coefficient (Wildman–Crippen LogP) is 1.40. The maximum absolute atomic E-state index is 12.4. The summed E-state index contributed by atoms with van der Waals surface area (Å²) in [6, 6.07) is 4.15. The van der Waals surface area contributed by atoms with Crippen molar-refractivity contribution in [2.45, 2.75) is 31.0 Å². The number of nitrogens with two attached hydrogens (primary N) is 1. The van der Waals surface area contributed by atoms with Crippen molar-refractivity contribution in [2.24, 2.45) is 11.7 Å². The van der Waals surface area contributed by atoms with Crippen LogP contribution in [0.15, 0.2) is 29.0 Å². The fourth-order valence-corrected chi connectivity index (χ4v) is 4.39. The van der Waals surface area contributed by atoms with Crippen molar-refractivity contribution < 1.29 is 9.59 Å². The van der Waals surface area contributed by atoms with Crippen LogP contribution >= 0.6 is 23.1 Å². The molecule has 1 fully saturated rings. The molecule has 134 valence electrons. The molecule has 1 aliphatic rings. The molecular weight excluding hydrogens is 358 g/mol. The third-order valence-electron chi connectivity index (χ3n) is 4.26. The van der Waals surface area contributed by atoms with Gasteiger partial charge in [-0.1, -0.05) is 17.8 Å². The van der Waals surface area contributed by atoms with E-state index in [1.165, 1.54) is 16.6 Å². The molecule has 0 radical (unpaired) electrons. The summed E-state index contributed by atoms with van der Waals surface area (Å²) in [5, 5.41) is 10.9. The number of carbonyl (C=O) groups is 2. The van der Waals surface area contributed by atoms with Crippen molar-refractivity contribution in [3.05, 3.63) is 28.7 Å². The Morgan fingerprint density at radius 3 is 3.08 bits per heavy atom. The van der Waals surface area contributed by atoms with Crippen LogP contribution in [0.4, 0.5) is 0 Å². The largest absolute Gasteiger partial charge is 0.369 e. The van der Waals surface area contributed by atoms with Gasteiger partial charge in [-0.15, -0.1) is 21.5 Å². The van der Waals surface area contributed by atoms with E-state index < -0.39 is 0 Å². The zero-order chi connectivity index (χ0) is 17.6. The number of rotatable bonds is 7. The van der Waals surface area contributed by atoms with Gasteiger partial charge in [0.25, 0.3) is 0 Å². The maximum Gasteiger partial charge on any atom is 0.233 e. The van der Waals surface area contributed by atoms with E-state index in [0.717, 1.165) is 31.0 Å². The second-order valence-corrected chi connectivity index (χ2v) is 7.98. The highest BCUT2D eigenvalue weighted by Gasteiger charge is 2.27. The molecule has 2 amide bonds. The molecule has 2 N–H and O–H groups in total. The van der Waals surface area contributed by atoms with Crippen LogP contribution in [0.3, 0.4) is 0 Å². The van der Waals surface area contributed by atoms with Gasteiger partial charge in [-0.3, -0.25) is 9.59 Å². The van der Waals surface area contributed by atoms with Gasteiger partial charge in [0.15, 0.2) is 5.16 Å². The van der Waals surface area contributed by atoms with E-state index in [0.29, 0.717) is 18.8 Å². The summed E-state index contributed by atoms with van der Waals surface area (Å²) >= 11 is 3.12. The highest BCUT2D eigenvalue weighted by molar-refractivity contribution is 7.99. The number of hydrogen-bond donors (Lipinski definition) is 1. The molecule has 3 heterocycles. The lowest BCUT2D eigenvalue weighted by atomic mass is 9.97. The van der Waals surface area contributed by atoms with E-state index in [4.69, 9.17) is 5.73 Å². The van der Waals surface area contributed by atoms with E-state index in [9.17, 15) is 9.59 Å². The van der Waals surface area contributed by atoms with Gasteiger partial charge < -0.3 is 15.2 Å².